The van der Waals surface area contributed by atoms with Crippen LogP contribution in [-0.2, 0) is 11.8 Å². The average Bonchev–Trinajstić information content (AvgIpc) is 3.50. The predicted octanol–water partition coefficient (Wildman–Crippen LogP) is 8.91. The topological polar surface area (TPSA) is 37.4 Å². The van der Waals surface area contributed by atoms with Gasteiger partial charge in [0.1, 0.15) is 0 Å². The van der Waals surface area contributed by atoms with Gasteiger partial charge < -0.3 is 4.90 Å². The van der Waals surface area contributed by atoms with Crippen molar-refractivity contribution in [3.8, 4) is 0 Å². The van der Waals surface area contributed by atoms with Crippen LogP contribution in [0.15, 0.2) is 115 Å². The van der Waals surface area contributed by atoms with Gasteiger partial charge in [-0.3, -0.25) is 9.59 Å². The molecule has 2 aliphatic rings. The van der Waals surface area contributed by atoms with Crippen LogP contribution in [-0.4, -0.2) is 11.6 Å². The maximum absolute atomic E-state index is 13.0. The van der Waals surface area contributed by atoms with E-state index < -0.39 is 0 Å². The number of anilines is 3. The van der Waals surface area contributed by atoms with Gasteiger partial charge in [-0.15, -0.1) is 11.3 Å². The van der Waals surface area contributed by atoms with Crippen molar-refractivity contribution >= 4 is 46.0 Å². The van der Waals surface area contributed by atoms with Crippen LogP contribution < -0.4 is 4.90 Å². The number of allylic oxidation sites excluding steroid dienone is 1. The third kappa shape index (κ3) is 3.87. The quantitative estimate of drug-likeness (QED) is 0.170. The zero-order chi connectivity index (χ0) is 27.4. The molecular weight excluding hydrogens is 510 g/mol. The minimum absolute atomic E-state index is 0.180. The highest BCUT2D eigenvalue weighted by Gasteiger charge is 2.36. The van der Waals surface area contributed by atoms with Gasteiger partial charge in [0.25, 0.3) is 0 Å². The molecule has 1 aromatic heterocycles. The van der Waals surface area contributed by atoms with Crippen LogP contribution in [0.5, 0.6) is 0 Å². The number of fused-ring (bicyclic) bond motifs is 3. The fourth-order valence-electron chi connectivity index (χ4n) is 6.09. The Labute approximate surface area is 238 Å². The van der Waals surface area contributed by atoms with E-state index >= 15 is 0 Å². The molecule has 4 aromatic carbocycles. The first-order valence-electron chi connectivity index (χ1n) is 13.5. The van der Waals surface area contributed by atoms with Crippen LogP contribution in [0.4, 0.5) is 17.1 Å². The fraction of sp³-hybridized carbons (Fsp3) is 0.111. The SMILES string of the molecule is CC1(C)c2cc(N(c3ccccc3)c3ccccc3)ccc2Cc2sc(C=C3C(=O)c4ccccc4C3=O)cc21. The van der Waals surface area contributed by atoms with Gasteiger partial charge in [-0.2, -0.15) is 0 Å². The summed E-state index contributed by atoms with van der Waals surface area (Å²) in [6, 6.07) is 37.0. The summed E-state index contributed by atoms with van der Waals surface area (Å²) in [6.45, 7) is 4.54. The number of hydrogen-bond donors (Lipinski definition) is 0. The summed E-state index contributed by atoms with van der Waals surface area (Å²) in [7, 11) is 0. The molecule has 0 bridgehead atoms. The lowest BCUT2D eigenvalue weighted by molar-refractivity contribution is 0.0990. The number of ketones is 2. The highest BCUT2D eigenvalue weighted by molar-refractivity contribution is 7.13. The Hall–Kier alpha value is -4.54. The molecular formula is C36H27NO2S. The second-order valence-electron chi connectivity index (χ2n) is 10.9. The molecule has 0 aliphatic heterocycles. The number of hydrogen-bond acceptors (Lipinski definition) is 4. The highest BCUT2D eigenvalue weighted by Crippen LogP contribution is 2.47. The van der Waals surface area contributed by atoms with Crippen molar-refractivity contribution in [3.63, 3.8) is 0 Å². The Bertz CT molecular complexity index is 1750. The molecule has 3 nitrogen and oxygen atoms in total. The van der Waals surface area contributed by atoms with Crippen LogP contribution in [0, 0.1) is 0 Å². The number of thiophene rings is 1. The van der Waals surface area contributed by atoms with Crippen molar-refractivity contribution < 1.29 is 9.59 Å². The van der Waals surface area contributed by atoms with Crippen LogP contribution in [0.3, 0.4) is 0 Å². The van der Waals surface area contributed by atoms with Crippen molar-refractivity contribution in [1.82, 2.24) is 0 Å². The molecule has 0 N–H and O–H groups in total. The summed E-state index contributed by atoms with van der Waals surface area (Å²) in [4.78, 5) is 30.5. The number of carbonyl (C=O) groups is 2. The molecule has 2 aliphatic carbocycles. The van der Waals surface area contributed by atoms with Crippen molar-refractivity contribution in [1.29, 1.82) is 0 Å². The third-order valence-electron chi connectivity index (χ3n) is 8.10. The molecule has 0 saturated heterocycles. The zero-order valence-corrected chi connectivity index (χ0v) is 23.2. The lowest BCUT2D eigenvalue weighted by Gasteiger charge is -2.35. The van der Waals surface area contributed by atoms with Crippen LogP contribution in [0.25, 0.3) is 6.08 Å². The molecule has 1 heterocycles. The van der Waals surface area contributed by atoms with Crippen molar-refractivity contribution in [2.75, 3.05) is 4.90 Å². The molecule has 0 spiro atoms. The fourth-order valence-corrected chi connectivity index (χ4v) is 7.38. The van der Waals surface area contributed by atoms with Gasteiger partial charge in [0.2, 0.25) is 0 Å². The zero-order valence-electron chi connectivity index (χ0n) is 22.3. The second-order valence-corrected chi connectivity index (χ2v) is 12.1. The lowest BCUT2D eigenvalue weighted by Crippen LogP contribution is -2.26. The molecule has 40 heavy (non-hydrogen) atoms. The first-order valence-corrected chi connectivity index (χ1v) is 14.3. The first-order chi connectivity index (χ1) is 19.4. The van der Waals surface area contributed by atoms with E-state index in [1.165, 1.54) is 21.6 Å². The maximum Gasteiger partial charge on any atom is 0.197 e. The molecule has 0 amide bonds. The predicted molar refractivity (Wildman–Crippen MR) is 163 cm³/mol. The Balaban J connectivity index is 1.28. The van der Waals surface area contributed by atoms with E-state index in [0.29, 0.717) is 11.1 Å². The van der Waals surface area contributed by atoms with Crippen LogP contribution in [0.1, 0.15) is 61.0 Å². The number of Topliss-reactive ketones (excluding diaryl/α,β-unsaturated/α-hetero) is 2. The van der Waals surface area contributed by atoms with E-state index in [-0.39, 0.29) is 22.6 Å². The normalized spacial score (nSPS) is 14.9. The van der Waals surface area contributed by atoms with E-state index in [9.17, 15) is 9.59 Å². The summed E-state index contributed by atoms with van der Waals surface area (Å²) >= 11 is 1.68. The summed E-state index contributed by atoms with van der Waals surface area (Å²) in [5.41, 5.74) is 8.23. The highest BCUT2D eigenvalue weighted by atomic mass is 32.1. The van der Waals surface area contributed by atoms with Crippen LogP contribution >= 0.6 is 11.3 Å². The molecule has 0 saturated carbocycles. The summed E-state index contributed by atoms with van der Waals surface area (Å²) in [5.74, 6) is -0.359. The largest absolute Gasteiger partial charge is 0.310 e. The molecule has 4 heteroatoms. The van der Waals surface area contributed by atoms with Gasteiger partial charge in [0.15, 0.2) is 11.6 Å². The van der Waals surface area contributed by atoms with Gasteiger partial charge in [-0.1, -0.05) is 80.6 Å². The molecule has 0 unspecified atom stereocenters. The number of carbonyl (C=O) groups excluding carboxylic acids is 2. The Morgan fingerprint density at radius 2 is 1.25 bits per heavy atom. The second kappa shape index (κ2) is 9.29. The summed E-state index contributed by atoms with van der Waals surface area (Å²) in [5, 5.41) is 0. The monoisotopic (exact) mass is 537 g/mol. The maximum atomic E-state index is 13.0. The van der Waals surface area contributed by atoms with E-state index in [2.05, 4.69) is 91.5 Å². The van der Waals surface area contributed by atoms with E-state index in [1.807, 2.05) is 24.3 Å². The molecule has 0 atom stereocenters. The first kappa shape index (κ1) is 24.5. The number of para-hydroxylation sites is 2. The Morgan fingerprint density at radius 1 is 0.675 bits per heavy atom. The van der Waals surface area contributed by atoms with Gasteiger partial charge in [0, 0.05) is 49.8 Å². The molecule has 0 radical (unpaired) electrons. The van der Waals surface area contributed by atoms with Gasteiger partial charge in [-0.05, 0) is 65.2 Å². The standard InChI is InChI=1S/C36H27NO2S/c1-36(2)31-20-26(37(24-11-5-3-6-12-24)25-13-7-4-8-14-25)18-17-23(31)19-33-32(36)22-27(40-33)21-30-34(38)28-15-9-10-16-29(28)35(30)39/h3-18,20-22H,19H2,1-2H3. The third-order valence-corrected chi connectivity index (χ3v) is 9.18. The van der Waals surface area contributed by atoms with E-state index in [4.69, 9.17) is 0 Å². The van der Waals surface area contributed by atoms with Crippen molar-refractivity contribution in [2.45, 2.75) is 25.7 Å². The van der Waals surface area contributed by atoms with Crippen LogP contribution in [0.2, 0.25) is 0 Å². The Morgan fingerprint density at radius 3 is 1.85 bits per heavy atom. The number of nitrogens with zero attached hydrogens (tertiary/aromatic N) is 1. The Kier molecular flexibility index (Phi) is 5.69. The van der Waals surface area contributed by atoms with Gasteiger partial charge in [0.05, 0.1) is 5.57 Å². The lowest BCUT2D eigenvalue weighted by atomic mass is 9.71. The molecule has 0 fully saturated rings. The van der Waals surface area contributed by atoms with E-state index in [1.54, 1.807) is 29.5 Å². The van der Waals surface area contributed by atoms with E-state index in [0.717, 1.165) is 28.4 Å². The van der Waals surface area contributed by atoms with Crippen molar-refractivity contribution in [2.24, 2.45) is 0 Å². The minimum Gasteiger partial charge on any atom is -0.310 e. The summed E-state index contributed by atoms with van der Waals surface area (Å²) < 4.78 is 0. The number of benzene rings is 4. The smallest absolute Gasteiger partial charge is 0.197 e. The average molecular weight is 538 g/mol. The molecule has 194 valence electrons. The summed E-state index contributed by atoms with van der Waals surface area (Å²) in [6.07, 6.45) is 2.63. The van der Waals surface area contributed by atoms with Crippen molar-refractivity contribution in [3.05, 3.63) is 152 Å². The molecule has 5 aromatic rings. The minimum atomic E-state index is -0.238. The molecule has 7 rings (SSSR count). The number of rotatable bonds is 4. The van der Waals surface area contributed by atoms with Gasteiger partial charge in [-0.25, -0.2) is 0 Å². The van der Waals surface area contributed by atoms with Gasteiger partial charge >= 0.3 is 0 Å².